The zero-order chi connectivity index (χ0) is 23.4. The first-order valence-electron chi connectivity index (χ1n) is 12.9. The number of carbonyl (C=O) groups is 1. The maximum Gasteiger partial charge on any atom is 0.238 e. The molecule has 3 aromatic carbocycles. The van der Waals surface area contributed by atoms with Crippen LogP contribution in [-0.2, 0) is 16.8 Å². The fraction of sp³-hybridized carbons (Fsp3) is 0.387. The first-order chi connectivity index (χ1) is 16.7. The molecule has 0 aromatic heterocycles. The third-order valence-corrected chi connectivity index (χ3v) is 7.91. The summed E-state index contributed by atoms with van der Waals surface area (Å²) in [6.07, 6.45) is 4.18. The molecule has 0 radical (unpaired) electrons. The van der Waals surface area contributed by atoms with Crippen LogP contribution < -0.4 is 0 Å². The second-order valence-corrected chi connectivity index (χ2v) is 9.93. The van der Waals surface area contributed by atoms with Gasteiger partial charge in [0.1, 0.15) is 5.41 Å². The molecule has 3 heteroatoms. The molecule has 3 aromatic rings. The Morgan fingerprint density at radius 2 is 1.47 bits per heavy atom. The third-order valence-electron chi connectivity index (χ3n) is 7.91. The van der Waals surface area contributed by atoms with Crippen LogP contribution in [0.2, 0.25) is 0 Å². The van der Waals surface area contributed by atoms with Crippen LogP contribution in [0.4, 0.5) is 0 Å². The average Bonchev–Trinajstić information content (AvgIpc) is 2.90. The summed E-state index contributed by atoms with van der Waals surface area (Å²) in [5.74, 6) is 0.927. The van der Waals surface area contributed by atoms with Crippen LogP contribution in [0.15, 0.2) is 84.9 Å². The van der Waals surface area contributed by atoms with Crippen molar-refractivity contribution in [3.63, 3.8) is 0 Å². The minimum atomic E-state index is -0.610. The molecule has 1 amide bonds. The number of carbonyl (C=O) groups excluding carboxylic acids is 1. The van der Waals surface area contributed by atoms with E-state index >= 15 is 0 Å². The maximum absolute atomic E-state index is 14.2. The van der Waals surface area contributed by atoms with Gasteiger partial charge in [0.25, 0.3) is 0 Å². The maximum atomic E-state index is 14.2. The Labute approximate surface area is 204 Å². The lowest BCUT2D eigenvalue weighted by Crippen LogP contribution is -2.53. The van der Waals surface area contributed by atoms with E-state index in [1.54, 1.807) is 0 Å². The summed E-state index contributed by atoms with van der Waals surface area (Å²) in [7, 11) is 0. The molecule has 0 spiro atoms. The van der Waals surface area contributed by atoms with Gasteiger partial charge in [0, 0.05) is 13.1 Å². The standard InChI is InChI=1S/C31H36N2O/c1-2-20-33-24-27-13-9-10-16-29(27)31(30(33)34,28-14-7-4-8-15-28)19-23-32-21-17-26(18-22-32)25-11-5-3-6-12-25/h3-16,26H,2,17-24H2,1H3. The lowest BCUT2D eigenvalue weighted by molar-refractivity contribution is -0.138. The summed E-state index contributed by atoms with van der Waals surface area (Å²) in [5, 5.41) is 0. The molecule has 1 fully saturated rings. The number of hydrogen-bond donors (Lipinski definition) is 0. The van der Waals surface area contributed by atoms with Crippen molar-refractivity contribution < 1.29 is 4.79 Å². The van der Waals surface area contributed by atoms with Gasteiger partial charge in [-0.15, -0.1) is 0 Å². The summed E-state index contributed by atoms with van der Waals surface area (Å²) < 4.78 is 0. The number of likely N-dealkylation sites (tertiary alicyclic amines) is 1. The van der Waals surface area contributed by atoms with E-state index in [-0.39, 0.29) is 5.91 Å². The highest BCUT2D eigenvalue weighted by molar-refractivity contribution is 5.94. The summed E-state index contributed by atoms with van der Waals surface area (Å²) >= 11 is 0. The number of amides is 1. The number of nitrogens with zero attached hydrogens (tertiary/aromatic N) is 2. The van der Waals surface area contributed by atoms with E-state index in [1.807, 2.05) is 0 Å². The van der Waals surface area contributed by atoms with Crippen molar-refractivity contribution in [3.05, 3.63) is 107 Å². The molecule has 0 saturated carbocycles. The van der Waals surface area contributed by atoms with Crippen molar-refractivity contribution in [2.45, 2.75) is 50.5 Å². The van der Waals surface area contributed by atoms with Gasteiger partial charge in [-0.1, -0.05) is 91.9 Å². The zero-order valence-electron chi connectivity index (χ0n) is 20.3. The molecule has 1 saturated heterocycles. The van der Waals surface area contributed by atoms with Gasteiger partial charge in [-0.25, -0.2) is 0 Å². The minimum Gasteiger partial charge on any atom is -0.337 e. The van der Waals surface area contributed by atoms with Gasteiger partial charge in [-0.2, -0.15) is 0 Å². The highest BCUT2D eigenvalue weighted by Gasteiger charge is 2.48. The third kappa shape index (κ3) is 4.30. The van der Waals surface area contributed by atoms with Crippen molar-refractivity contribution in [2.24, 2.45) is 0 Å². The van der Waals surface area contributed by atoms with Crippen LogP contribution in [0.5, 0.6) is 0 Å². The van der Waals surface area contributed by atoms with Gasteiger partial charge in [-0.05, 0) is 73.5 Å². The van der Waals surface area contributed by atoms with Crippen molar-refractivity contribution in [3.8, 4) is 0 Å². The Hall–Kier alpha value is -2.91. The number of rotatable bonds is 7. The second-order valence-electron chi connectivity index (χ2n) is 9.93. The molecule has 3 nitrogen and oxygen atoms in total. The molecule has 34 heavy (non-hydrogen) atoms. The largest absolute Gasteiger partial charge is 0.337 e. The number of benzene rings is 3. The molecule has 2 aliphatic heterocycles. The Kier molecular flexibility index (Phi) is 6.82. The van der Waals surface area contributed by atoms with Crippen molar-refractivity contribution in [1.82, 2.24) is 9.80 Å². The molecule has 176 valence electrons. The normalized spacial score (nSPS) is 21.4. The van der Waals surface area contributed by atoms with Gasteiger partial charge < -0.3 is 9.80 Å². The molecule has 5 rings (SSSR count). The fourth-order valence-electron chi connectivity index (χ4n) is 6.12. The monoisotopic (exact) mass is 452 g/mol. The minimum absolute atomic E-state index is 0.276. The Morgan fingerprint density at radius 1 is 0.824 bits per heavy atom. The molecular formula is C31H36N2O. The first-order valence-corrected chi connectivity index (χ1v) is 12.9. The molecule has 1 unspecified atom stereocenters. The van der Waals surface area contributed by atoms with E-state index in [4.69, 9.17) is 0 Å². The van der Waals surface area contributed by atoms with Gasteiger partial charge >= 0.3 is 0 Å². The van der Waals surface area contributed by atoms with Crippen LogP contribution >= 0.6 is 0 Å². The van der Waals surface area contributed by atoms with Crippen LogP contribution in [0.1, 0.15) is 60.8 Å². The van der Waals surface area contributed by atoms with Gasteiger partial charge in [0.2, 0.25) is 5.91 Å². The second kappa shape index (κ2) is 10.1. The quantitative estimate of drug-likeness (QED) is 0.439. The predicted molar refractivity (Wildman–Crippen MR) is 139 cm³/mol. The van der Waals surface area contributed by atoms with E-state index < -0.39 is 5.41 Å². The SMILES string of the molecule is CCCN1Cc2ccccc2C(CCN2CCC(c3ccccc3)CC2)(c2ccccc2)C1=O. The van der Waals surface area contributed by atoms with Crippen LogP contribution in [-0.4, -0.2) is 41.9 Å². The Morgan fingerprint density at radius 3 is 2.18 bits per heavy atom. The number of hydrogen-bond acceptors (Lipinski definition) is 2. The molecule has 2 aliphatic rings. The summed E-state index contributed by atoms with van der Waals surface area (Å²) in [6, 6.07) is 30.1. The predicted octanol–water partition coefficient (Wildman–Crippen LogP) is 5.99. The smallest absolute Gasteiger partial charge is 0.238 e. The van der Waals surface area contributed by atoms with Gasteiger partial charge in [-0.3, -0.25) is 4.79 Å². The lowest BCUT2D eigenvalue weighted by Gasteiger charge is -2.45. The molecule has 0 bridgehead atoms. The van der Waals surface area contributed by atoms with E-state index in [0.717, 1.165) is 51.1 Å². The first kappa shape index (κ1) is 22.9. The topological polar surface area (TPSA) is 23.6 Å². The van der Waals surface area contributed by atoms with Crippen LogP contribution in [0, 0.1) is 0 Å². The molecule has 0 N–H and O–H groups in total. The van der Waals surface area contributed by atoms with Crippen LogP contribution in [0.25, 0.3) is 0 Å². The fourth-order valence-corrected chi connectivity index (χ4v) is 6.12. The van der Waals surface area contributed by atoms with Gasteiger partial charge in [0.05, 0.1) is 0 Å². The van der Waals surface area contributed by atoms with Gasteiger partial charge in [0.15, 0.2) is 0 Å². The summed E-state index contributed by atoms with van der Waals surface area (Å²) in [5.41, 5.74) is 4.49. The van der Waals surface area contributed by atoms with Crippen molar-refractivity contribution in [2.75, 3.05) is 26.2 Å². The van der Waals surface area contributed by atoms with E-state index in [9.17, 15) is 4.79 Å². The van der Waals surface area contributed by atoms with Crippen molar-refractivity contribution >= 4 is 5.91 Å². The number of fused-ring (bicyclic) bond motifs is 1. The van der Waals surface area contributed by atoms with E-state index in [0.29, 0.717) is 5.92 Å². The van der Waals surface area contributed by atoms with E-state index in [2.05, 4.69) is 102 Å². The summed E-state index contributed by atoms with van der Waals surface area (Å²) in [4.78, 5) is 18.9. The van der Waals surface area contributed by atoms with E-state index in [1.165, 1.54) is 29.5 Å². The Balaban J connectivity index is 1.42. The highest BCUT2D eigenvalue weighted by atomic mass is 16.2. The van der Waals surface area contributed by atoms with Crippen LogP contribution in [0.3, 0.4) is 0 Å². The molecular weight excluding hydrogens is 416 g/mol. The highest BCUT2D eigenvalue weighted by Crippen LogP contribution is 2.43. The average molecular weight is 453 g/mol. The Bertz CT molecular complexity index is 1090. The summed E-state index contributed by atoms with van der Waals surface area (Å²) in [6.45, 7) is 6.83. The van der Waals surface area contributed by atoms with Crippen molar-refractivity contribution in [1.29, 1.82) is 0 Å². The zero-order valence-corrected chi connectivity index (χ0v) is 20.3. The molecule has 2 heterocycles. The molecule has 1 atom stereocenters. The number of piperidine rings is 1. The lowest BCUT2D eigenvalue weighted by atomic mass is 9.67. The molecule has 0 aliphatic carbocycles.